The van der Waals surface area contributed by atoms with E-state index in [-0.39, 0.29) is 17.4 Å². The van der Waals surface area contributed by atoms with Gasteiger partial charge in [0.2, 0.25) is 16.0 Å². The Hall–Kier alpha value is -2.11. The van der Waals surface area contributed by atoms with Gasteiger partial charge < -0.3 is 9.47 Å². The van der Waals surface area contributed by atoms with Crippen LogP contribution in [0, 0.1) is 6.92 Å². The molecule has 2 fully saturated rings. The Kier molecular flexibility index (Phi) is 5.54. The molecule has 1 saturated carbocycles. The van der Waals surface area contributed by atoms with Gasteiger partial charge in [0.25, 0.3) is 0 Å². The van der Waals surface area contributed by atoms with Gasteiger partial charge in [-0.1, -0.05) is 0 Å². The summed E-state index contributed by atoms with van der Waals surface area (Å²) in [6.07, 6.45) is 5.13. The van der Waals surface area contributed by atoms with Crippen molar-refractivity contribution >= 4 is 16.0 Å². The molecule has 11 heteroatoms. The summed E-state index contributed by atoms with van der Waals surface area (Å²) in [5.41, 5.74) is 1.03. The first-order valence-electron chi connectivity index (χ1n) is 10.1. The normalized spacial score (nSPS) is 22.6. The summed E-state index contributed by atoms with van der Waals surface area (Å²) < 4.78 is 42.0. The number of rotatable bonds is 8. The van der Waals surface area contributed by atoms with Crippen LogP contribution in [0.1, 0.15) is 62.3 Å². The van der Waals surface area contributed by atoms with Gasteiger partial charge in [-0.15, -0.1) is 10.2 Å². The third kappa shape index (κ3) is 3.93. The van der Waals surface area contributed by atoms with Gasteiger partial charge in [-0.05, 0) is 40.0 Å². The van der Waals surface area contributed by atoms with Gasteiger partial charge in [-0.2, -0.15) is 0 Å². The highest BCUT2D eigenvalue weighted by Gasteiger charge is 2.45. The zero-order valence-electron chi connectivity index (χ0n) is 17.7. The Bertz CT molecular complexity index is 997. The average Bonchev–Trinajstić information content (AvgIpc) is 3.12. The highest BCUT2D eigenvalue weighted by molar-refractivity contribution is 7.93. The Balaban J connectivity index is 1.62. The summed E-state index contributed by atoms with van der Waals surface area (Å²) in [6, 6.07) is 0. The molecule has 30 heavy (non-hydrogen) atoms. The Morgan fingerprint density at radius 1 is 1.30 bits per heavy atom. The molecule has 1 unspecified atom stereocenters. The van der Waals surface area contributed by atoms with Crippen molar-refractivity contribution in [2.24, 2.45) is 0 Å². The van der Waals surface area contributed by atoms with Gasteiger partial charge in [-0.3, -0.25) is 19.3 Å². The summed E-state index contributed by atoms with van der Waals surface area (Å²) >= 11 is 0. The minimum atomic E-state index is -3.85. The number of anilines is 1. The zero-order chi connectivity index (χ0) is 21.5. The van der Waals surface area contributed by atoms with Crippen LogP contribution < -0.4 is 4.72 Å². The summed E-state index contributed by atoms with van der Waals surface area (Å²) in [4.78, 5) is 8.49. The second-order valence-corrected chi connectivity index (χ2v) is 10.4. The number of nitrogens with one attached hydrogen (secondary N) is 1. The van der Waals surface area contributed by atoms with E-state index < -0.39 is 21.4 Å². The number of methoxy groups -OCH3 is 1. The molecule has 0 amide bonds. The highest BCUT2D eigenvalue weighted by atomic mass is 32.2. The molecule has 2 aliphatic rings. The lowest BCUT2D eigenvalue weighted by Crippen LogP contribution is -2.34. The summed E-state index contributed by atoms with van der Waals surface area (Å²) in [6.45, 7) is 6.76. The monoisotopic (exact) mass is 436 g/mol. The fourth-order valence-corrected chi connectivity index (χ4v) is 4.94. The first kappa shape index (κ1) is 21.1. The molecule has 2 aromatic rings. The van der Waals surface area contributed by atoms with Gasteiger partial charge >= 0.3 is 0 Å². The maximum absolute atomic E-state index is 13.2. The number of aryl methyl sites for hydroxylation is 1. The minimum Gasteiger partial charge on any atom is -0.381 e. The van der Waals surface area contributed by atoms with E-state index in [1.165, 1.54) is 7.11 Å². The lowest BCUT2D eigenvalue weighted by molar-refractivity contribution is 0.0985. The third-order valence-corrected chi connectivity index (χ3v) is 7.69. The molecule has 0 radical (unpaired) electrons. The molecule has 0 aromatic carbocycles. The highest BCUT2D eigenvalue weighted by Crippen LogP contribution is 2.47. The molecule has 0 spiro atoms. The maximum atomic E-state index is 13.2. The molecule has 10 nitrogen and oxygen atoms in total. The molecule has 1 aliphatic heterocycles. The fraction of sp³-hybridized carbons (Fsp3) is 0.684. The second kappa shape index (κ2) is 7.86. The molecule has 3 heterocycles. The van der Waals surface area contributed by atoms with Crippen LogP contribution in [0.4, 0.5) is 5.95 Å². The summed E-state index contributed by atoms with van der Waals surface area (Å²) in [5.74, 6) is 1.15. The third-order valence-electron chi connectivity index (χ3n) is 5.99. The molecule has 1 aliphatic carbocycles. The first-order valence-corrected chi connectivity index (χ1v) is 11.7. The number of hydrogen-bond acceptors (Lipinski definition) is 8. The Morgan fingerprint density at radius 2 is 2.07 bits per heavy atom. The van der Waals surface area contributed by atoms with Crippen molar-refractivity contribution in [2.75, 3.05) is 25.0 Å². The van der Waals surface area contributed by atoms with Crippen LogP contribution in [0.15, 0.2) is 12.4 Å². The molecular weight excluding hydrogens is 408 g/mol. The van der Waals surface area contributed by atoms with Crippen molar-refractivity contribution in [1.82, 2.24) is 24.7 Å². The smallest absolute Gasteiger partial charge is 0.240 e. The predicted octanol–water partition coefficient (Wildman–Crippen LogP) is 1.91. The Morgan fingerprint density at radius 3 is 2.63 bits per heavy atom. The van der Waals surface area contributed by atoms with E-state index in [9.17, 15) is 8.42 Å². The van der Waals surface area contributed by atoms with Crippen LogP contribution in [0.2, 0.25) is 0 Å². The SMILES string of the molecule is CO[C@H](c1cnc(C)cn1)[C@H](C)S(=O)(=O)Nc1nnc(C2CCOC2)n1C1(C)CC1. The molecule has 3 atom stereocenters. The molecule has 1 saturated heterocycles. The predicted molar refractivity (Wildman–Crippen MR) is 110 cm³/mol. The van der Waals surface area contributed by atoms with E-state index in [0.717, 1.165) is 30.8 Å². The number of hydrogen-bond donors (Lipinski definition) is 1. The number of sulfonamides is 1. The van der Waals surface area contributed by atoms with Crippen molar-refractivity contribution in [2.45, 2.75) is 62.8 Å². The number of aromatic nitrogens is 5. The summed E-state index contributed by atoms with van der Waals surface area (Å²) in [7, 11) is -2.38. The van der Waals surface area contributed by atoms with E-state index in [1.54, 1.807) is 19.3 Å². The van der Waals surface area contributed by atoms with Gasteiger partial charge in [0.15, 0.2) is 0 Å². The molecule has 0 bridgehead atoms. The van der Waals surface area contributed by atoms with Crippen LogP contribution in [0.3, 0.4) is 0 Å². The summed E-state index contributed by atoms with van der Waals surface area (Å²) in [5, 5.41) is 7.61. The van der Waals surface area contributed by atoms with Crippen LogP contribution in [-0.4, -0.2) is 58.7 Å². The van der Waals surface area contributed by atoms with E-state index in [1.807, 2.05) is 11.5 Å². The average molecular weight is 437 g/mol. The quantitative estimate of drug-likeness (QED) is 0.666. The topological polar surface area (TPSA) is 121 Å². The van der Waals surface area contributed by atoms with Gasteiger partial charge in [0, 0.05) is 31.4 Å². The standard InChI is InChI=1S/C19H28N6O4S/c1-12-9-21-15(10-20-12)16(28-4)13(2)30(26,27)24-18-23-22-17(14-5-8-29-11-14)25(18)19(3)6-7-19/h9-10,13-14,16H,5-8,11H2,1-4H3,(H,23,24)/t13-,14?,16-/m0/s1. The van der Waals surface area contributed by atoms with Gasteiger partial charge in [0.1, 0.15) is 17.2 Å². The van der Waals surface area contributed by atoms with Crippen LogP contribution in [0.5, 0.6) is 0 Å². The largest absolute Gasteiger partial charge is 0.381 e. The van der Waals surface area contributed by atoms with Crippen LogP contribution in [0.25, 0.3) is 0 Å². The minimum absolute atomic E-state index is 0.125. The van der Waals surface area contributed by atoms with E-state index in [0.29, 0.717) is 18.9 Å². The first-order chi connectivity index (χ1) is 14.2. The van der Waals surface area contributed by atoms with Crippen molar-refractivity contribution in [3.63, 3.8) is 0 Å². The molecule has 2 aromatic heterocycles. The van der Waals surface area contributed by atoms with E-state index in [2.05, 4.69) is 31.8 Å². The molecule has 164 valence electrons. The maximum Gasteiger partial charge on any atom is 0.240 e. The molecule has 4 rings (SSSR count). The zero-order valence-corrected chi connectivity index (χ0v) is 18.5. The van der Waals surface area contributed by atoms with Crippen molar-refractivity contribution in [3.8, 4) is 0 Å². The van der Waals surface area contributed by atoms with Crippen molar-refractivity contribution in [1.29, 1.82) is 0 Å². The number of nitrogens with zero attached hydrogens (tertiary/aromatic N) is 5. The van der Waals surface area contributed by atoms with Crippen molar-refractivity contribution < 1.29 is 17.9 Å². The van der Waals surface area contributed by atoms with Gasteiger partial charge in [-0.25, -0.2) is 8.42 Å². The Labute approximate surface area is 176 Å². The molecule has 1 N–H and O–H groups in total. The van der Waals surface area contributed by atoms with Crippen LogP contribution in [-0.2, 0) is 25.0 Å². The van der Waals surface area contributed by atoms with Gasteiger partial charge in [0.05, 0.1) is 24.2 Å². The lowest BCUT2D eigenvalue weighted by atomic mass is 10.1. The molecular formula is C19H28N6O4S. The number of ether oxygens (including phenoxy) is 2. The van der Waals surface area contributed by atoms with E-state index in [4.69, 9.17) is 9.47 Å². The second-order valence-electron chi connectivity index (χ2n) is 8.37. The lowest BCUT2D eigenvalue weighted by Gasteiger charge is -2.24. The van der Waals surface area contributed by atoms with Crippen molar-refractivity contribution in [3.05, 3.63) is 29.6 Å². The van der Waals surface area contributed by atoms with E-state index >= 15 is 0 Å². The van der Waals surface area contributed by atoms with Crippen LogP contribution >= 0.6 is 0 Å². The fourth-order valence-electron chi connectivity index (χ4n) is 3.79.